The minimum atomic E-state index is -0.271. The summed E-state index contributed by atoms with van der Waals surface area (Å²) in [6.07, 6.45) is 0. The van der Waals surface area contributed by atoms with Gasteiger partial charge in [-0.3, -0.25) is 0 Å². The molecule has 0 spiro atoms. The van der Waals surface area contributed by atoms with Crippen LogP contribution in [-0.4, -0.2) is 9.97 Å². The average Bonchev–Trinajstić information content (AvgIpc) is 2.82. The predicted octanol–water partition coefficient (Wildman–Crippen LogP) is 2.83. The fraction of sp³-hybridized carbons (Fsp3) is 0.0714. The molecule has 1 heterocycles. The summed E-state index contributed by atoms with van der Waals surface area (Å²) in [5.74, 6) is 0.386. The van der Waals surface area contributed by atoms with Gasteiger partial charge in [-0.25, -0.2) is 9.37 Å². The normalized spacial score (nSPS) is 11.0. The molecule has 4 heteroatoms. The Hall–Kier alpha value is -2.20. The Morgan fingerprint density at radius 2 is 2.00 bits per heavy atom. The first-order valence-corrected chi connectivity index (χ1v) is 5.71. The standard InChI is InChI=1S/C14H12FN3/c15-11-5-1-3-9(7-11)14-17-12-6-2-4-10(8-16)13(12)18-14/h1-7H,8,16H2,(H,17,18). The fourth-order valence-electron chi connectivity index (χ4n) is 2.03. The quantitative estimate of drug-likeness (QED) is 0.724. The molecule has 0 amide bonds. The van der Waals surface area contributed by atoms with Crippen LogP contribution >= 0.6 is 0 Å². The number of hydrogen-bond donors (Lipinski definition) is 2. The second-order valence-corrected chi connectivity index (χ2v) is 4.11. The van der Waals surface area contributed by atoms with Crippen molar-refractivity contribution in [3.63, 3.8) is 0 Å². The molecule has 3 N–H and O–H groups in total. The first kappa shape index (κ1) is 10.9. The monoisotopic (exact) mass is 241 g/mol. The van der Waals surface area contributed by atoms with Crippen LogP contribution in [0, 0.1) is 5.82 Å². The van der Waals surface area contributed by atoms with Crippen LogP contribution in [0.15, 0.2) is 42.5 Å². The van der Waals surface area contributed by atoms with Gasteiger partial charge in [0, 0.05) is 12.1 Å². The molecule has 3 rings (SSSR count). The summed E-state index contributed by atoms with van der Waals surface area (Å²) in [4.78, 5) is 7.67. The van der Waals surface area contributed by atoms with Crippen LogP contribution in [0.4, 0.5) is 4.39 Å². The minimum Gasteiger partial charge on any atom is -0.338 e. The molecule has 18 heavy (non-hydrogen) atoms. The van der Waals surface area contributed by atoms with E-state index in [4.69, 9.17) is 5.73 Å². The van der Waals surface area contributed by atoms with Crippen molar-refractivity contribution < 1.29 is 4.39 Å². The van der Waals surface area contributed by atoms with Gasteiger partial charge in [-0.05, 0) is 23.8 Å². The molecular formula is C14H12FN3. The van der Waals surface area contributed by atoms with E-state index in [0.29, 0.717) is 12.4 Å². The van der Waals surface area contributed by atoms with Gasteiger partial charge in [0.15, 0.2) is 0 Å². The number of para-hydroxylation sites is 1. The average molecular weight is 241 g/mol. The maximum Gasteiger partial charge on any atom is 0.138 e. The number of H-pyrrole nitrogens is 1. The van der Waals surface area contributed by atoms with Gasteiger partial charge in [-0.15, -0.1) is 0 Å². The molecule has 3 nitrogen and oxygen atoms in total. The van der Waals surface area contributed by atoms with Crippen molar-refractivity contribution in [2.45, 2.75) is 6.54 Å². The highest BCUT2D eigenvalue weighted by molar-refractivity contribution is 5.82. The number of aromatic amines is 1. The van der Waals surface area contributed by atoms with Crippen LogP contribution in [0.1, 0.15) is 5.56 Å². The predicted molar refractivity (Wildman–Crippen MR) is 69.4 cm³/mol. The molecule has 0 aliphatic heterocycles. The van der Waals surface area contributed by atoms with E-state index < -0.39 is 0 Å². The van der Waals surface area contributed by atoms with Gasteiger partial charge in [-0.2, -0.15) is 0 Å². The molecule has 2 aromatic carbocycles. The summed E-state index contributed by atoms with van der Waals surface area (Å²) >= 11 is 0. The van der Waals surface area contributed by atoms with E-state index in [1.807, 2.05) is 24.3 Å². The molecule has 0 bridgehead atoms. The maximum atomic E-state index is 13.2. The first-order valence-electron chi connectivity index (χ1n) is 5.71. The molecule has 0 aliphatic rings. The third-order valence-corrected chi connectivity index (χ3v) is 2.91. The van der Waals surface area contributed by atoms with Crippen LogP contribution in [0.2, 0.25) is 0 Å². The van der Waals surface area contributed by atoms with Crippen molar-refractivity contribution in [1.82, 2.24) is 9.97 Å². The molecular weight excluding hydrogens is 229 g/mol. The number of nitrogens with two attached hydrogens (primary N) is 1. The molecule has 0 fully saturated rings. The summed E-state index contributed by atoms with van der Waals surface area (Å²) in [5.41, 5.74) is 9.14. The molecule has 0 unspecified atom stereocenters. The van der Waals surface area contributed by atoms with Gasteiger partial charge < -0.3 is 10.7 Å². The van der Waals surface area contributed by atoms with Crippen molar-refractivity contribution >= 4 is 11.0 Å². The van der Waals surface area contributed by atoms with Crippen molar-refractivity contribution in [2.75, 3.05) is 0 Å². The smallest absolute Gasteiger partial charge is 0.138 e. The van der Waals surface area contributed by atoms with Gasteiger partial charge in [-0.1, -0.05) is 24.3 Å². The molecule has 0 saturated heterocycles. The van der Waals surface area contributed by atoms with Gasteiger partial charge in [0.25, 0.3) is 0 Å². The number of aromatic nitrogens is 2. The van der Waals surface area contributed by atoms with Crippen molar-refractivity contribution in [1.29, 1.82) is 0 Å². The lowest BCUT2D eigenvalue weighted by molar-refractivity contribution is 0.628. The van der Waals surface area contributed by atoms with E-state index in [9.17, 15) is 4.39 Å². The highest BCUT2D eigenvalue weighted by atomic mass is 19.1. The molecule has 0 aliphatic carbocycles. The first-order chi connectivity index (χ1) is 8.78. The Labute approximate surface area is 103 Å². The van der Waals surface area contributed by atoms with E-state index in [0.717, 1.165) is 22.2 Å². The van der Waals surface area contributed by atoms with Crippen molar-refractivity contribution in [3.8, 4) is 11.4 Å². The molecule has 3 aromatic rings. The van der Waals surface area contributed by atoms with Gasteiger partial charge >= 0.3 is 0 Å². The third-order valence-electron chi connectivity index (χ3n) is 2.91. The Morgan fingerprint density at radius 1 is 1.17 bits per heavy atom. The molecule has 0 atom stereocenters. The topological polar surface area (TPSA) is 54.7 Å². The van der Waals surface area contributed by atoms with Crippen molar-refractivity contribution in [2.24, 2.45) is 5.73 Å². The second kappa shape index (κ2) is 4.23. The van der Waals surface area contributed by atoms with E-state index in [-0.39, 0.29) is 5.82 Å². The van der Waals surface area contributed by atoms with E-state index in [1.165, 1.54) is 12.1 Å². The van der Waals surface area contributed by atoms with E-state index in [2.05, 4.69) is 9.97 Å². The number of fused-ring (bicyclic) bond motifs is 1. The highest BCUT2D eigenvalue weighted by Crippen LogP contribution is 2.23. The number of nitrogens with one attached hydrogen (secondary N) is 1. The van der Waals surface area contributed by atoms with Gasteiger partial charge in [0.05, 0.1) is 11.0 Å². The van der Waals surface area contributed by atoms with E-state index >= 15 is 0 Å². The van der Waals surface area contributed by atoms with Crippen LogP contribution in [0.25, 0.3) is 22.4 Å². The SMILES string of the molecule is NCc1cccc2[nH]c(-c3cccc(F)c3)nc12. The number of nitrogens with zero attached hydrogens (tertiary/aromatic N) is 1. The largest absolute Gasteiger partial charge is 0.338 e. The Morgan fingerprint density at radius 3 is 2.78 bits per heavy atom. The summed E-state index contributed by atoms with van der Waals surface area (Å²) in [7, 11) is 0. The molecule has 90 valence electrons. The van der Waals surface area contributed by atoms with Crippen LogP contribution in [0.5, 0.6) is 0 Å². The van der Waals surface area contributed by atoms with Crippen molar-refractivity contribution in [3.05, 3.63) is 53.8 Å². The number of rotatable bonds is 2. The molecule has 0 radical (unpaired) electrons. The Kier molecular flexibility index (Phi) is 2.57. The highest BCUT2D eigenvalue weighted by Gasteiger charge is 2.08. The van der Waals surface area contributed by atoms with E-state index in [1.54, 1.807) is 6.07 Å². The lowest BCUT2D eigenvalue weighted by atomic mass is 10.2. The van der Waals surface area contributed by atoms with Crippen LogP contribution in [-0.2, 0) is 6.54 Å². The van der Waals surface area contributed by atoms with Crippen LogP contribution in [0.3, 0.4) is 0 Å². The minimum absolute atomic E-state index is 0.271. The van der Waals surface area contributed by atoms with Gasteiger partial charge in [0.2, 0.25) is 0 Å². The zero-order valence-electron chi connectivity index (χ0n) is 9.65. The summed E-state index contributed by atoms with van der Waals surface area (Å²) in [6.45, 7) is 0.435. The zero-order chi connectivity index (χ0) is 12.5. The maximum absolute atomic E-state index is 13.2. The number of halogens is 1. The summed E-state index contributed by atoms with van der Waals surface area (Å²) in [6, 6.07) is 12.2. The summed E-state index contributed by atoms with van der Waals surface area (Å²) in [5, 5.41) is 0. The zero-order valence-corrected chi connectivity index (χ0v) is 9.65. The number of benzene rings is 2. The molecule has 0 saturated carbocycles. The fourth-order valence-corrected chi connectivity index (χ4v) is 2.03. The number of imidazole rings is 1. The summed E-state index contributed by atoms with van der Waals surface area (Å²) < 4.78 is 13.2. The van der Waals surface area contributed by atoms with Gasteiger partial charge in [0.1, 0.15) is 11.6 Å². The number of hydrogen-bond acceptors (Lipinski definition) is 2. The third kappa shape index (κ3) is 1.76. The Bertz CT molecular complexity index is 703. The lowest BCUT2D eigenvalue weighted by Gasteiger charge is -1.96. The second-order valence-electron chi connectivity index (χ2n) is 4.11. The Balaban J connectivity index is 2.19. The lowest BCUT2D eigenvalue weighted by Crippen LogP contribution is -1.96. The molecule has 1 aromatic heterocycles. The van der Waals surface area contributed by atoms with Crippen LogP contribution < -0.4 is 5.73 Å².